The molecule has 0 saturated heterocycles. The molecule has 0 spiro atoms. The lowest BCUT2D eigenvalue weighted by molar-refractivity contribution is -0.118. The predicted octanol–water partition coefficient (Wildman–Crippen LogP) is 2.17. The average molecular weight is 262 g/mol. The maximum absolute atomic E-state index is 12.0. The zero-order valence-electron chi connectivity index (χ0n) is 11.6. The summed E-state index contributed by atoms with van der Waals surface area (Å²) in [5.41, 5.74) is 0.835. The molecule has 2 N–H and O–H groups in total. The van der Waals surface area contributed by atoms with E-state index in [2.05, 4.69) is 10.6 Å². The van der Waals surface area contributed by atoms with Gasteiger partial charge >= 0.3 is 0 Å². The Morgan fingerprint density at radius 3 is 2.68 bits per heavy atom. The fourth-order valence-electron chi connectivity index (χ4n) is 2.27. The number of hydrogen-bond acceptors (Lipinski definition) is 3. The van der Waals surface area contributed by atoms with E-state index in [1.165, 1.54) is 0 Å². The first-order valence-corrected chi connectivity index (χ1v) is 6.92. The van der Waals surface area contributed by atoms with Crippen molar-refractivity contribution >= 4 is 11.6 Å². The quantitative estimate of drug-likeness (QED) is 0.826. The monoisotopic (exact) mass is 262 g/mol. The Morgan fingerprint density at radius 1 is 1.37 bits per heavy atom. The van der Waals surface area contributed by atoms with Gasteiger partial charge in [0.05, 0.1) is 12.1 Å². The highest BCUT2D eigenvalue weighted by atomic mass is 16.5. The largest absolute Gasteiger partial charge is 0.378 e. The van der Waals surface area contributed by atoms with Crippen LogP contribution in [-0.2, 0) is 9.53 Å². The lowest BCUT2D eigenvalue weighted by Gasteiger charge is -2.37. The molecule has 0 heterocycles. The van der Waals surface area contributed by atoms with Crippen molar-refractivity contribution in [3.8, 4) is 0 Å². The third-order valence-electron chi connectivity index (χ3n) is 3.42. The molecule has 4 nitrogen and oxygen atoms in total. The Balaban J connectivity index is 1.72. The van der Waals surface area contributed by atoms with Gasteiger partial charge in [0.25, 0.3) is 0 Å². The first-order chi connectivity index (χ1) is 9.19. The van der Waals surface area contributed by atoms with E-state index in [9.17, 15) is 4.79 Å². The summed E-state index contributed by atoms with van der Waals surface area (Å²) in [6, 6.07) is 9.73. The zero-order chi connectivity index (χ0) is 13.7. The second-order valence-electron chi connectivity index (χ2n) is 4.99. The van der Waals surface area contributed by atoms with Gasteiger partial charge in [-0.3, -0.25) is 4.79 Å². The molecule has 0 bridgehead atoms. The summed E-state index contributed by atoms with van der Waals surface area (Å²) >= 11 is 0. The number of carbonyl (C=O) groups excluding carboxylic acids is 1. The molecular weight excluding hydrogens is 240 g/mol. The number of carbonyl (C=O) groups is 1. The number of hydrogen-bond donors (Lipinski definition) is 2. The maximum Gasteiger partial charge on any atom is 0.241 e. The van der Waals surface area contributed by atoms with Crippen molar-refractivity contribution in [3.05, 3.63) is 30.3 Å². The van der Waals surface area contributed by atoms with Gasteiger partial charge in [-0.05, 0) is 38.8 Å². The van der Waals surface area contributed by atoms with E-state index in [0.717, 1.165) is 25.1 Å². The van der Waals surface area contributed by atoms with Crippen molar-refractivity contribution < 1.29 is 9.53 Å². The van der Waals surface area contributed by atoms with Crippen LogP contribution in [0.25, 0.3) is 0 Å². The topological polar surface area (TPSA) is 50.4 Å². The highest BCUT2D eigenvalue weighted by Gasteiger charge is 2.31. The van der Waals surface area contributed by atoms with Crippen LogP contribution < -0.4 is 10.6 Å². The number of ether oxygens (including phenoxy) is 1. The van der Waals surface area contributed by atoms with Crippen LogP contribution >= 0.6 is 0 Å². The summed E-state index contributed by atoms with van der Waals surface area (Å²) in [4.78, 5) is 12.0. The van der Waals surface area contributed by atoms with Crippen molar-refractivity contribution in [2.75, 3.05) is 11.9 Å². The number of anilines is 1. The maximum atomic E-state index is 12.0. The van der Waals surface area contributed by atoms with Crippen LogP contribution in [-0.4, -0.2) is 30.7 Å². The molecule has 0 radical (unpaired) electrons. The minimum absolute atomic E-state index is 0.00561. The van der Waals surface area contributed by atoms with Crippen molar-refractivity contribution in [2.24, 2.45) is 0 Å². The van der Waals surface area contributed by atoms with E-state index in [1.807, 2.05) is 44.2 Å². The fraction of sp³-hybridized carbons (Fsp3) is 0.533. The van der Waals surface area contributed by atoms with Gasteiger partial charge in [-0.1, -0.05) is 18.2 Å². The van der Waals surface area contributed by atoms with E-state index in [1.54, 1.807) is 0 Å². The molecule has 104 valence electrons. The van der Waals surface area contributed by atoms with Crippen LogP contribution in [0.3, 0.4) is 0 Å². The summed E-state index contributed by atoms with van der Waals surface area (Å²) in [6.45, 7) is 4.67. The summed E-state index contributed by atoms with van der Waals surface area (Å²) < 4.78 is 5.51. The summed E-state index contributed by atoms with van der Waals surface area (Å²) in [7, 11) is 0. The Morgan fingerprint density at radius 2 is 2.05 bits per heavy atom. The number of rotatable bonds is 6. The molecule has 0 aromatic heterocycles. The first kappa shape index (κ1) is 14.0. The number of nitrogens with one attached hydrogen (secondary N) is 2. The van der Waals surface area contributed by atoms with Crippen LogP contribution in [0.5, 0.6) is 0 Å². The second kappa shape index (κ2) is 6.68. The van der Waals surface area contributed by atoms with Gasteiger partial charge in [0.15, 0.2) is 0 Å². The third-order valence-corrected chi connectivity index (χ3v) is 3.42. The Kier molecular flexibility index (Phi) is 4.93. The molecule has 1 atom stereocenters. The van der Waals surface area contributed by atoms with E-state index < -0.39 is 0 Å². The second-order valence-corrected chi connectivity index (χ2v) is 4.99. The van der Waals surface area contributed by atoms with Crippen molar-refractivity contribution in [1.29, 1.82) is 0 Å². The molecule has 1 fully saturated rings. The van der Waals surface area contributed by atoms with E-state index in [4.69, 9.17) is 4.74 Å². The molecule has 1 amide bonds. The third kappa shape index (κ3) is 4.04. The molecule has 1 aliphatic rings. The Hall–Kier alpha value is -1.39. The van der Waals surface area contributed by atoms with Gasteiger partial charge in [-0.2, -0.15) is 0 Å². The lowest BCUT2D eigenvalue weighted by atomic mass is 9.88. The normalized spacial score (nSPS) is 23.5. The average Bonchev–Trinajstić information content (AvgIpc) is 2.37. The fourth-order valence-corrected chi connectivity index (χ4v) is 2.27. The smallest absolute Gasteiger partial charge is 0.241 e. The molecule has 1 unspecified atom stereocenters. The molecule has 1 aromatic carbocycles. The molecule has 19 heavy (non-hydrogen) atoms. The van der Waals surface area contributed by atoms with Crippen LogP contribution in [0.1, 0.15) is 26.7 Å². The lowest BCUT2D eigenvalue weighted by Crippen LogP contribution is -2.51. The molecular formula is C15H22N2O2. The van der Waals surface area contributed by atoms with E-state index in [-0.39, 0.29) is 11.9 Å². The molecule has 1 aliphatic carbocycles. The van der Waals surface area contributed by atoms with E-state index in [0.29, 0.717) is 12.1 Å². The number of benzene rings is 1. The zero-order valence-corrected chi connectivity index (χ0v) is 11.6. The summed E-state index contributed by atoms with van der Waals surface area (Å²) in [5, 5.41) is 6.23. The van der Waals surface area contributed by atoms with Crippen molar-refractivity contribution in [2.45, 2.75) is 44.9 Å². The highest BCUT2D eigenvalue weighted by Crippen LogP contribution is 2.23. The molecule has 0 aliphatic heterocycles. The SMILES string of the molecule is CCOC1CC(NC(C)C(=O)Nc2ccccc2)C1. The number of amides is 1. The van der Waals surface area contributed by atoms with E-state index >= 15 is 0 Å². The Labute approximate surface area is 114 Å². The predicted molar refractivity (Wildman–Crippen MR) is 76.1 cm³/mol. The first-order valence-electron chi connectivity index (χ1n) is 6.92. The molecule has 4 heteroatoms. The molecule has 1 aromatic rings. The summed E-state index contributed by atoms with van der Waals surface area (Å²) in [6.07, 6.45) is 2.36. The Bertz CT molecular complexity index is 402. The van der Waals surface area contributed by atoms with Gasteiger partial charge in [-0.15, -0.1) is 0 Å². The minimum atomic E-state index is -0.187. The summed E-state index contributed by atoms with van der Waals surface area (Å²) in [5.74, 6) is 0.00561. The van der Waals surface area contributed by atoms with Crippen molar-refractivity contribution in [3.63, 3.8) is 0 Å². The van der Waals surface area contributed by atoms with Gasteiger partial charge in [0.1, 0.15) is 0 Å². The number of para-hydroxylation sites is 1. The van der Waals surface area contributed by atoms with Crippen LogP contribution in [0.4, 0.5) is 5.69 Å². The van der Waals surface area contributed by atoms with Crippen molar-refractivity contribution in [1.82, 2.24) is 5.32 Å². The van der Waals surface area contributed by atoms with Gasteiger partial charge < -0.3 is 15.4 Å². The van der Waals surface area contributed by atoms with Crippen LogP contribution in [0.2, 0.25) is 0 Å². The standard InChI is InChI=1S/C15H22N2O2/c1-3-19-14-9-13(10-14)16-11(2)15(18)17-12-7-5-4-6-8-12/h4-8,11,13-14,16H,3,9-10H2,1-2H3,(H,17,18). The van der Waals surface area contributed by atoms with Crippen LogP contribution in [0, 0.1) is 0 Å². The van der Waals surface area contributed by atoms with Gasteiger partial charge in [-0.25, -0.2) is 0 Å². The van der Waals surface area contributed by atoms with Crippen LogP contribution in [0.15, 0.2) is 30.3 Å². The van der Waals surface area contributed by atoms with Gasteiger partial charge in [0, 0.05) is 18.3 Å². The molecule has 1 saturated carbocycles. The minimum Gasteiger partial charge on any atom is -0.378 e. The molecule has 2 rings (SSSR count). The van der Waals surface area contributed by atoms with Gasteiger partial charge in [0.2, 0.25) is 5.91 Å². The highest BCUT2D eigenvalue weighted by molar-refractivity contribution is 5.94.